The first kappa shape index (κ1) is 6.70. The summed E-state index contributed by atoms with van der Waals surface area (Å²) in [5.41, 5.74) is 0. The molecule has 0 spiro atoms. The summed E-state index contributed by atoms with van der Waals surface area (Å²) in [6.45, 7) is 4.15. The van der Waals surface area contributed by atoms with E-state index in [0.29, 0.717) is 4.58 Å². The van der Waals surface area contributed by atoms with E-state index in [1.807, 2.05) is 6.92 Å². The molecule has 1 atom stereocenters. The summed E-state index contributed by atoms with van der Waals surface area (Å²) in [6, 6.07) is 0. The first-order valence-electron chi connectivity index (χ1n) is 2.04. The normalized spacial score (nSPS) is 14.5. The Morgan fingerprint density at radius 3 is 2.33 bits per heavy atom. The van der Waals surface area contributed by atoms with Gasteiger partial charge in [-0.3, -0.25) is 0 Å². The SMILES string of the molecule is CCSC(C)[S]. The summed E-state index contributed by atoms with van der Waals surface area (Å²) in [7, 11) is 0. The van der Waals surface area contributed by atoms with Crippen molar-refractivity contribution >= 4 is 24.4 Å². The van der Waals surface area contributed by atoms with Gasteiger partial charge in [-0.25, -0.2) is 0 Å². The van der Waals surface area contributed by atoms with Gasteiger partial charge in [0.15, 0.2) is 0 Å². The van der Waals surface area contributed by atoms with Gasteiger partial charge in [0.25, 0.3) is 0 Å². The van der Waals surface area contributed by atoms with Crippen LogP contribution in [0.15, 0.2) is 0 Å². The average molecular weight is 121 g/mol. The van der Waals surface area contributed by atoms with Crippen molar-refractivity contribution < 1.29 is 0 Å². The Kier molecular flexibility index (Phi) is 4.33. The molecule has 0 aliphatic carbocycles. The second kappa shape index (κ2) is 3.88. The molecule has 0 N–H and O–H groups in total. The van der Waals surface area contributed by atoms with Crippen LogP contribution in [-0.2, 0) is 0 Å². The van der Waals surface area contributed by atoms with E-state index in [1.54, 1.807) is 11.8 Å². The third-order valence-corrected chi connectivity index (χ3v) is 1.61. The fourth-order valence-corrected chi connectivity index (χ4v) is 1.11. The zero-order chi connectivity index (χ0) is 4.99. The van der Waals surface area contributed by atoms with E-state index in [1.165, 1.54) is 0 Å². The fourth-order valence-electron chi connectivity index (χ4n) is 0.235. The van der Waals surface area contributed by atoms with Gasteiger partial charge in [-0.1, -0.05) is 19.6 Å². The Balaban J connectivity index is 2.63. The maximum atomic E-state index is 4.84. The molecule has 0 saturated heterocycles. The van der Waals surface area contributed by atoms with Crippen LogP contribution in [0, 0.1) is 0 Å². The van der Waals surface area contributed by atoms with E-state index in [9.17, 15) is 0 Å². The molecular weight excluding hydrogens is 112 g/mol. The van der Waals surface area contributed by atoms with Gasteiger partial charge in [0.05, 0.1) is 4.58 Å². The lowest BCUT2D eigenvalue weighted by atomic mass is 10.9. The molecule has 0 amide bonds. The highest BCUT2D eigenvalue weighted by Gasteiger charge is 1.87. The summed E-state index contributed by atoms with van der Waals surface area (Å²) >= 11 is 6.64. The van der Waals surface area contributed by atoms with Crippen LogP contribution in [0.25, 0.3) is 0 Å². The van der Waals surface area contributed by atoms with Gasteiger partial charge in [0.2, 0.25) is 0 Å². The summed E-state index contributed by atoms with van der Waals surface area (Å²) in [5.74, 6) is 1.14. The van der Waals surface area contributed by atoms with E-state index in [0.717, 1.165) is 5.75 Å². The zero-order valence-electron chi connectivity index (χ0n) is 4.10. The molecule has 0 rings (SSSR count). The van der Waals surface area contributed by atoms with Crippen LogP contribution >= 0.6 is 24.4 Å². The van der Waals surface area contributed by atoms with Crippen molar-refractivity contribution in [1.82, 2.24) is 0 Å². The van der Waals surface area contributed by atoms with Gasteiger partial charge in [-0.15, -0.1) is 11.8 Å². The summed E-state index contributed by atoms with van der Waals surface area (Å²) in [4.78, 5) is 0. The Morgan fingerprint density at radius 2 is 2.33 bits per heavy atom. The highest BCUT2D eigenvalue weighted by molar-refractivity contribution is 8.10. The Hall–Kier alpha value is 0.700. The molecule has 0 aromatic carbocycles. The lowest BCUT2D eigenvalue weighted by Gasteiger charge is -1.94. The van der Waals surface area contributed by atoms with E-state index in [4.69, 9.17) is 12.6 Å². The van der Waals surface area contributed by atoms with E-state index >= 15 is 0 Å². The van der Waals surface area contributed by atoms with Crippen molar-refractivity contribution in [3.05, 3.63) is 0 Å². The van der Waals surface area contributed by atoms with E-state index in [-0.39, 0.29) is 0 Å². The second-order valence-corrected chi connectivity index (χ2v) is 3.65. The van der Waals surface area contributed by atoms with Crippen LogP contribution in [0.3, 0.4) is 0 Å². The van der Waals surface area contributed by atoms with Crippen molar-refractivity contribution in [1.29, 1.82) is 0 Å². The van der Waals surface area contributed by atoms with Crippen molar-refractivity contribution in [2.75, 3.05) is 5.75 Å². The van der Waals surface area contributed by atoms with Gasteiger partial charge in [-0.05, 0) is 12.7 Å². The van der Waals surface area contributed by atoms with Crippen LogP contribution in [-0.4, -0.2) is 10.3 Å². The molecule has 0 aromatic heterocycles. The third kappa shape index (κ3) is 4.70. The zero-order valence-corrected chi connectivity index (χ0v) is 5.73. The Bertz CT molecular complexity index is 26.7. The third-order valence-electron chi connectivity index (χ3n) is 0.401. The number of hydrogen-bond acceptors (Lipinski definition) is 1. The van der Waals surface area contributed by atoms with Gasteiger partial charge in [0, 0.05) is 0 Å². The molecule has 0 heterocycles. The number of rotatable bonds is 2. The molecule has 6 heavy (non-hydrogen) atoms. The minimum Gasteiger partial charge on any atom is -0.147 e. The lowest BCUT2D eigenvalue weighted by Crippen LogP contribution is -1.79. The molecule has 1 unspecified atom stereocenters. The molecule has 37 valence electrons. The molecule has 0 aromatic rings. The van der Waals surface area contributed by atoms with Crippen molar-refractivity contribution in [3.8, 4) is 0 Å². The summed E-state index contributed by atoms with van der Waals surface area (Å²) in [5, 5.41) is 0. The summed E-state index contributed by atoms with van der Waals surface area (Å²) < 4.78 is 0.398. The van der Waals surface area contributed by atoms with E-state index < -0.39 is 0 Å². The van der Waals surface area contributed by atoms with Gasteiger partial charge < -0.3 is 0 Å². The first-order chi connectivity index (χ1) is 2.77. The minimum absolute atomic E-state index is 0.398. The monoisotopic (exact) mass is 121 g/mol. The van der Waals surface area contributed by atoms with Gasteiger partial charge in [0.1, 0.15) is 0 Å². The molecule has 0 nitrogen and oxygen atoms in total. The van der Waals surface area contributed by atoms with Gasteiger partial charge in [-0.2, -0.15) is 0 Å². The molecule has 0 bridgehead atoms. The molecular formula is C4H9S2. The maximum absolute atomic E-state index is 4.84. The molecule has 0 fully saturated rings. The highest BCUT2D eigenvalue weighted by atomic mass is 32.2. The number of thioether (sulfide) groups is 1. The first-order valence-corrected chi connectivity index (χ1v) is 3.56. The Labute approximate surface area is 49.1 Å². The largest absolute Gasteiger partial charge is 0.147 e. The van der Waals surface area contributed by atoms with Crippen molar-refractivity contribution in [2.45, 2.75) is 18.4 Å². The quantitative estimate of drug-likeness (QED) is 0.540. The van der Waals surface area contributed by atoms with Gasteiger partial charge >= 0.3 is 0 Å². The number of hydrogen-bond donors (Lipinski definition) is 0. The van der Waals surface area contributed by atoms with Crippen LogP contribution in [0.5, 0.6) is 0 Å². The standard InChI is InChI=1S/C4H9S2/c1-3-6-4(2)5/h4H,3H2,1-2H3. The molecule has 0 aliphatic heterocycles. The smallest absolute Gasteiger partial charge is 0.0578 e. The minimum atomic E-state index is 0.398. The molecule has 0 saturated carbocycles. The van der Waals surface area contributed by atoms with Crippen LogP contribution < -0.4 is 0 Å². The van der Waals surface area contributed by atoms with Crippen LogP contribution in [0.4, 0.5) is 0 Å². The van der Waals surface area contributed by atoms with E-state index in [2.05, 4.69) is 6.92 Å². The van der Waals surface area contributed by atoms with Crippen LogP contribution in [0.2, 0.25) is 0 Å². The maximum Gasteiger partial charge on any atom is 0.0578 e. The predicted octanol–water partition coefficient (Wildman–Crippen LogP) is 2.28. The molecule has 0 aliphatic rings. The fraction of sp³-hybridized carbons (Fsp3) is 1.00. The summed E-state index contributed by atoms with van der Waals surface area (Å²) in [6.07, 6.45) is 0. The average Bonchev–Trinajstić information content (AvgIpc) is 1.35. The predicted molar refractivity (Wildman–Crippen MR) is 35.2 cm³/mol. The van der Waals surface area contributed by atoms with Crippen molar-refractivity contribution in [2.24, 2.45) is 0 Å². The molecule has 1 radical (unpaired) electrons. The highest BCUT2D eigenvalue weighted by Crippen LogP contribution is 2.11. The molecule has 2 heteroatoms. The topological polar surface area (TPSA) is 0 Å². The Morgan fingerprint density at radius 1 is 1.83 bits per heavy atom. The van der Waals surface area contributed by atoms with Crippen molar-refractivity contribution in [3.63, 3.8) is 0 Å². The second-order valence-electron chi connectivity index (χ2n) is 1.02. The van der Waals surface area contributed by atoms with Crippen LogP contribution in [0.1, 0.15) is 13.8 Å². The lowest BCUT2D eigenvalue weighted by molar-refractivity contribution is 1.40.